The van der Waals surface area contributed by atoms with Crippen LogP contribution >= 0.6 is 0 Å². The minimum atomic E-state index is -1.82. The summed E-state index contributed by atoms with van der Waals surface area (Å²) in [7, 11) is 0. The monoisotopic (exact) mass is 756 g/mol. The second kappa shape index (κ2) is 17.6. The SMILES string of the molecule is C[C@@H]1O[C@@H](O[C@@H]2[C@@H](O)[C@@H](OCCc3ccc(O)c(O)c3)O[C@@H](CO)[C@@H]2OC(=O)/C=C\c2ccc(O)c(O)c2)[C@@H](O[C@@H]2OC[C@H](O)[C@@H](O)[C@@H]2O)[C@H](O)[C@H]1O. The van der Waals surface area contributed by atoms with E-state index in [9.17, 15) is 61.0 Å². The second-order valence-electron chi connectivity index (χ2n) is 12.8. The molecular weight excluding hydrogens is 712 g/mol. The fourth-order valence-corrected chi connectivity index (χ4v) is 5.94. The molecule has 2 aromatic carbocycles. The topological polar surface area (TPSA) is 304 Å². The van der Waals surface area contributed by atoms with E-state index in [0.717, 1.165) is 6.08 Å². The first-order chi connectivity index (χ1) is 25.2. The van der Waals surface area contributed by atoms with Crippen molar-refractivity contribution in [2.75, 3.05) is 19.8 Å². The third-order valence-corrected chi connectivity index (χ3v) is 8.99. The molecular formula is C34H44O19. The number of carbonyl (C=O) groups is 1. The third kappa shape index (κ3) is 9.53. The van der Waals surface area contributed by atoms with E-state index in [2.05, 4.69) is 0 Å². The number of hydrogen-bond donors (Lipinski definition) is 11. The van der Waals surface area contributed by atoms with Crippen molar-refractivity contribution in [3.63, 3.8) is 0 Å². The highest BCUT2D eigenvalue weighted by Crippen LogP contribution is 2.34. The first-order valence-corrected chi connectivity index (χ1v) is 16.6. The molecule has 11 N–H and O–H groups in total. The summed E-state index contributed by atoms with van der Waals surface area (Å²) < 4.78 is 40.1. The predicted molar refractivity (Wildman–Crippen MR) is 174 cm³/mol. The molecule has 14 atom stereocenters. The van der Waals surface area contributed by atoms with Crippen molar-refractivity contribution in [1.82, 2.24) is 0 Å². The molecule has 0 spiro atoms. The quantitative estimate of drug-likeness (QED) is 0.0603. The highest BCUT2D eigenvalue weighted by molar-refractivity contribution is 5.87. The maximum atomic E-state index is 13.1. The zero-order valence-corrected chi connectivity index (χ0v) is 28.2. The zero-order chi connectivity index (χ0) is 38.6. The predicted octanol–water partition coefficient (Wildman–Crippen LogP) is -2.55. The number of aromatic hydroxyl groups is 4. The Labute approximate surface area is 302 Å². The van der Waals surface area contributed by atoms with Crippen molar-refractivity contribution in [3.05, 3.63) is 53.6 Å². The standard InChI is InChI=1S/C34H44O19/c1-14-24(42)26(44)31(53-32-27(45)25(43)21(40)13-48-32)34(49-14)52-30-28(46)33(47-9-8-16-3-6-18(37)20(39)11-16)50-22(12-35)29(30)51-23(41)7-4-15-2-5-17(36)19(38)10-15/h2-7,10-11,14,21-22,24-40,42-46H,8-9,12-13H2,1H3/b7-4-/t14-,21-,22-,24-,25+,26+,27-,28+,29-,30+,31-,32-,33-,34-/m0/s1. The lowest BCUT2D eigenvalue weighted by molar-refractivity contribution is -0.381. The lowest BCUT2D eigenvalue weighted by Crippen LogP contribution is -2.66. The van der Waals surface area contributed by atoms with Crippen molar-refractivity contribution in [3.8, 4) is 23.0 Å². The molecule has 3 saturated heterocycles. The van der Waals surface area contributed by atoms with Crippen LogP contribution in [-0.2, 0) is 44.4 Å². The van der Waals surface area contributed by atoms with E-state index in [1.54, 1.807) is 0 Å². The normalized spacial score (nSPS) is 36.4. The summed E-state index contributed by atoms with van der Waals surface area (Å²) in [6, 6.07) is 7.85. The summed E-state index contributed by atoms with van der Waals surface area (Å²) in [5, 5.41) is 113. The Morgan fingerprint density at radius 2 is 1.43 bits per heavy atom. The maximum absolute atomic E-state index is 13.1. The van der Waals surface area contributed by atoms with Crippen LogP contribution in [0.5, 0.6) is 23.0 Å². The number of carbonyl (C=O) groups excluding carboxylic acids is 1. The molecule has 0 unspecified atom stereocenters. The van der Waals surface area contributed by atoms with E-state index in [1.807, 2.05) is 0 Å². The van der Waals surface area contributed by atoms with Gasteiger partial charge in [-0.1, -0.05) is 12.1 Å². The molecule has 5 rings (SSSR count). The number of esters is 1. The van der Waals surface area contributed by atoms with E-state index in [-0.39, 0.29) is 30.3 Å². The van der Waals surface area contributed by atoms with E-state index < -0.39 is 111 Å². The first kappa shape index (κ1) is 40.5. The summed E-state index contributed by atoms with van der Waals surface area (Å²) in [5.41, 5.74) is 0.834. The van der Waals surface area contributed by atoms with Crippen LogP contribution in [0.25, 0.3) is 6.08 Å². The Bertz CT molecular complexity index is 1560. The molecule has 0 saturated carbocycles. The number of hydrogen-bond acceptors (Lipinski definition) is 19. The molecule has 3 fully saturated rings. The van der Waals surface area contributed by atoms with E-state index >= 15 is 0 Å². The number of benzene rings is 2. The molecule has 19 heteroatoms. The Balaban J connectivity index is 1.39. The highest BCUT2D eigenvalue weighted by atomic mass is 16.8. The molecule has 0 aromatic heterocycles. The largest absolute Gasteiger partial charge is 0.504 e. The fraction of sp³-hybridized carbons (Fsp3) is 0.559. The summed E-state index contributed by atoms with van der Waals surface area (Å²) in [5.74, 6) is -2.58. The average Bonchev–Trinajstić information content (AvgIpc) is 3.13. The minimum Gasteiger partial charge on any atom is -0.504 e. The van der Waals surface area contributed by atoms with Gasteiger partial charge in [0.05, 0.1) is 25.9 Å². The van der Waals surface area contributed by atoms with Crippen LogP contribution < -0.4 is 0 Å². The van der Waals surface area contributed by atoms with Crippen LogP contribution in [0.3, 0.4) is 0 Å². The Morgan fingerprint density at radius 3 is 2.11 bits per heavy atom. The fourth-order valence-electron chi connectivity index (χ4n) is 5.94. The smallest absolute Gasteiger partial charge is 0.331 e. The molecule has 0 amide bonds. The molecule has 3 aliphatic rings. The van der Waals surface area contributed by atoms with E-state index in [4.69, 9.17) is 33.2 Å². The first-order valence-electron chi connectivity index (χ1n) is 16.6. The van der Waals surface area contributed by atoms with Crippen molar-refractivity contribution in [2.24, 2.45) is 0 Å². The average molecular weight is 757 g/mol. The molecule has 3 heterocycles. The molecule has 53 heavy (non-hydrogen) atoms. The molecule has 3 aliphatic heterocycles. The minimum absolute atomic E-state index is 0.137. The highest BCUT2D eigenvalue weighted by Gasteiger charge is 2.54. The maximum Gasteiger partial charge on any atom is 0.331 e. The van der Waals surface area contributed by atoms with Gasteiger partial charge in [0.1, 0.15) is 54.9 Å². The summed E-state index contributed by atoms with van der Waals surface area (Å²) in [6.45, 7) is -0.0224. The van der Waals surface area contributed by atoms with Crippen molar-refractivity contribution >= 4 is 12.0 Å². The van der Waals surface area contributed by atoms with Gasteiger partial charge in [0, 0.05) is 6.08 Å². The van der Waals surface area contributed by atoms with Crippen molar-refractivity contribution < 1.29 is 94.1 Å². The van der Waals surface area contributed by atoms with Gasteiger partial charge in [-0.05, 0) is 54.8 Å². The Kier molecular flexibility index (Phi) is 13.5. The van der Waals surface area contributed by atoms with Gasteiger partial charge >= 0.3 is 5.97 Å². The van der Waals surface area contributed by atoms with Crippen molar-refractivity contribution in [2.45, 2.75) is 99.4 Å². The van der Waals surface area contributed by atoms with E-state index in [1.165, 1.54) is 49.4 Å². The summed E-state index contributed by atoms with van der Waals surface area (Å²) in [6.07, 6.45) is -20.3. The van der Waals surface area contributed by atoms with Gasteiger partial charge in [0.25, 0.3) is 0 Å². The van der Waals surface area contributed by atoms with Crippen LogP contribution in [0.4, 0.5) is 0 Å². The number of ether oxygens (including phenoxy) is 7. The second-order valence-corrected chi connectivity index (χ2v) is 12.8. The van der Waals surface area contributed by atoms with Gasteiger partial charge in [0.2, 0.25) is 0 Å². The van der Waals surface area contributed by atoms with Crippen LogP contribution in [0.15, 0.2) is 42.5 Å². The Hall–Kier alpha value is -3.67. The van der Waals surface area contributed by atoms with Gasteiger partial charge in [-0.15, -0.1) is 0 Å². The molecule has 19 nitrogen and oxygen atoms in total. The molecule has 0 bridgehead atoms. The van der Waals surface area contributed by atoms with E-state index in [0.29, 0.717) is 11.1 Å². The molecule has 2 aromatic rings. The molecule has 0 radical (unpaired) electrons. The lowest BCUT2D eigenvalue weighted by Gasteiger charge is -2.48. The Morgan fingerprint density at radius 1 is 0.755 bits per heavy atom. The third-order valence-electron chi connectivity index (χ3n) is 8.99. The van der Waals surface area contributed by atoms with Gasteiger partial charge < -0.3 is 89.3 Å². The summed E-state index contributed by atoms with van der Waals surface area (Å²) in [4.78, 5) is 13.1. The number of phenols is 4. The summed E-state index contributed by atoms with van der Waals surface area (Å²) >= 11 is 0. The number of aliphatic hydroxyl groups is 7. The van der Waals surface area contributed by atoms with Gasteiger partial charge in [0.15, 0.2) is 48.0 Å². The van der Waals surface area contributed by atoms with Crippen molar-refractivity contribution in [1.29, 1.82) is 0 Å². The van der Waals surface area contributed by atoms with Crippen LogP contribution in [-0.4, -0.2) is 168 Å². The number of aliphatic hydroxyl groups excluding tert-OH is 7. The van der Waals surface area contributed by atoms with Gasteiger partial charge in [-0.2, -0.15) is 0 Å². The van der Waals surface area contributed by atoms with Crippen LogP contribution in [0.2, 0.25) is 0 Å². The zero-order valence-electron chi connectivity index (χ0n) is 28.2. The number of phenolic OH excluding ortho intramolecular Hbond substituents is 4. The van der Waals surface area contributed by atoms with Crippen LogP contribution in [0.1, 0.15) is 18.1 Å². The molecule has 294 valence electrons. The number of rotatable bonds is 12. The lowest BCUT2D eigenvalue weighted by atomic mass is 9.96. The molecule has 0 aliphatic carbocycles. The van der Waals surface area contributed by atoms with Crippen LogP contribution in [0, 0.1) is 0 Å². The van der Waals surface area contributed by atoms with Gasteiger partial charge in [-0.25, -0.2) is 4.79 Å². The van der Waals surface area contributed by atoms with Gasteiger partial charge in [-0.3, -0.25) is 0 Å².